The molecule has 26 heavy (non-hydrogen) atoms. The number of nitrogens with one attached hydrogen (secondary N) is 2. The van der Waals surface area contributed by atoms with Gasteiger partial charge in [0.05, 0.1) is 22.8 Å². The van der Waals surface area contributed by atoms with Gasteiger partial charge in [0.1, 0.15) is 5.56 Å². The molecule has 0 atom stereocenters. The molecule has 0 bridgehead atoms. The van der Waals surface area contributed by atoms with E-state index in [0.717, 1.165) is 5.56 Å². The topological polar surface area (TPSA) is 71.2 Å². The molecule has 1 heterocycles. The summed E-state index contributed by atoms with van der Waals surface area (Å²) in [4.78, 5) is 27.5. The zero-order chi connectivity index (χ0) is 18.7. The maximum Gasteiger partial charge on any atom is 0.345 e. The summed E-state index contributed by atoms with van der Waals surface area (Å²) in [7, 11) is 0. The van der Waals surface area contributed by atoms with E-state index in [1.54, 1.807) is 37.3 Å². The predicted octanol–water partition coefficient (Wildman–Crippen LogP) is 4.62. The Morgan fingerprint density at radius 3 is 2.69 bits per heavy atom. The largest absolute Gasteiger partial charge is 0.462 e. The number of esters is 1. The Bertz CT molecular complexity index is 1030. The van der Waals surface area contributed by atoms with Crippen LogP contribution in [0.5, 0.6) is 0 Å². The summed E-state index contributed by atoms with van der Waals surface area (Å²) in [6.45, 7) is 2.22. The summed E-state index contributed by atoms with van der Waals surface area (Å²) in [6, 6.07) is 12.5. The molecule has 0 aliphatic rings. The van der Waals surface area contributed by atoms with Crippen molar-refractivity contribution in [1.29, 1.82) is 0 Å². The fourth-order valence-electron chi connectivity index (χ4n) is 2.70. The summed E-state index contributed by atoms with van der Waals surface area (Å²) in [5.74, 6) is -0.691. The highest BCUT2D eigenvalue weighted by molar-refractivity contribution is 6.35. The van der Waals surface area contributed by atoms with Crippen molar-refractivity contribution < 1.29 is 9.53 Å². The van der Waals surface area contributed by atoms with E-state index >= 15 is 0 Å². The maximum atomic E-state index is 12.5. The Hall–Kier alpha value is -2.50. The lowest BCUT2D eigenvalue weighted by Gasteiger charge is -2.14. The molecule has 0 radical (unpaired) electrons. The summed E-state index contributed by atoms with van der Waals surface area (Å²) < 4.78 is 5.05. The first-order valence-electron chi connectivity index (χ1n) is 8.01. The second-order valence-electron chi connectivity index (χ2n) is 5.57. The third kappa shape index (κ3) is 3.69. The molecule has 0 aliphatic carbocycles. The van der Waals surface area contributed by atoms with Crippen molar-refractivity contribution in [2.45, 2.75) is 13.5 Å². The molecule has 3 aromatic rings. The first-order valence-corrected chi connectivity index (χ1v) is 8.76. The Morgan fingerprint density at radius 2 is 1.96 bits per heavy atom. The molecule has 0 saturated heterocycles. The Kier molecular flexibility index (Phi) is 5.49. The van der Waals surface area contributed by atoms with Crippen LogP contribution in [-0.4, -0.2) is 17.6 Å². The fourth-order valence-corrected chi connectivity index (χ4v) is 3.14. The summed E-state index contributed by atoms with van der Waals surface area (Å²) in [5, 5.41) is 4.79. The number of aromatic amines is 1. The molecule has 5 nitrogen and oxygen atoms in total. The molecule has 7 heteroatoms. The fraction of sp³-hybridized carbons (Fsp3) is 0.158. The van der Waals surface area contributed by atoms with Crippen LogP contribution >= 0.6 is 23.2 Å². The quantitative estimate of drug-likeness (QED) is 0.623. The molecule has 0 fully saturated rings. The Labute approximate surface area is 159 Å². The van der Waals surface area contributed by atoms with Crippen LogP contribution in [0.3, 0.4) is 0 Å². The van der Waals surface area contributed by atoms with E-state index in [9.17, 15) is 9.59 Å². The van der Waals surface area contributed by atoms with Crippen LogP contribution in [0.2, 0.25) is 10.0 Å². The van der Waals surface area contributed by atoms with E-state index in [1.165, 1.54) is 0 Å². The third-order valence-electron chi connectivity index (χ3n) is 3.84. The van der Waals surface area contributed by atoms with Crippen molar-refractivity contribution in [3.8, 4) is 0 Å². The average Bonchev–Trinajstić information content (AvgIpc) is 2.60. The first kappa shape index (κ1) is 18.3. The van der Waals surface area contributed by atoms with Gasteiger partial charge in [-0.1, -0.05) is 47.5 Å². The standard InChI is InChI=1S/C19H16Cl2N2O3/c1-2-26-19(25)15-17(22-10-11-5-3-6-12(20)9-11)13-7-4-8-14(21)16(13)23-18(15)24/h3-9H,2,10H2,1H3,(H2,22,23,24). The SMILES string of the molecule is CCOC(=O)c1c(NCc2cccc(Cl)c2)c2cccc(Cl)c2[nH]c1=O. The molecule has 2 aromatic carbocycles. The summed E-state index contributed by atoms with van der Waals surface area (Å²) in [6.07, 6.45) is 0. The Balaban J connectivity index is 2.13. The van der Waals surface area contributed by atoms with Gasteiger partial charge in [-0.05, 0) is 30.7 Å². The molecule has 0 amide bonds. The summed E-state index contributed by atoms with van der Waals surface area (Å²) in [5.41, 5.74) is 1.11. The average molecular weight is 391 g/mol. The van der Waals surface area contributed by atoms with E-state index in [4.69, 9.17) is 27.9 Å². The number of H-pyrrole nitrogens is 1. The minimum absolute atomic E-state index is 0.0800. The first-order chi connectivity index (χ1) is 12.5. The number of para-hydroxylation sites is 1. The van der Waals surface area contributed by atoms with Crippen molar-refractivity contribution in [1.82, 2.24) is 4.98 Å². The third-order valence-corrected chi connectivity index (χ3v) is 4.39. The zero-order valence-corrected chi connectivity index (χ0v) is 15.4. The highest BCUT2D eigenvalue weighted by Crippen LogP contribution is 2.29. The molecule has 0 saturated carbocycles. The second kappa shape index (κ2) is 7.81. The van der Waals surface area contributed by atoms with E-state index in [2.05, 4.69) is 10.3 Å². The van der Waals surface area contributed by atoms with E-state index < -0.39 is 11.5 Å². The molecule has 134 valence electrons. The number of hydrogen-bond donors (Lipinski definition) is 2. The molecule has 2 N–H and O–H groups in total. The number of pyridine rings is 1. The van der Waals surface area contributed by atoms with Gasteiger partial charge < -0.3 is 15.0 Å². The van der Waals surface area contributed by atoms with Crippen molar-refractivity contribution in [3.05, 3.63) is 74.0 Å². The molecular weight excluding hydrogens is 375 g/mol. The number of rotatable bonds is 5. The number of carbonyl (C=O) groups is 1. The van der Waals surface area contributed by atoms with Crippen LogP contribution in [0.15, 0.2) is 47.3 Å². The van der Waals surface area contributed by atoms with Crippen LogP contribution in [0.4, 0.5) is 5.69 Å². The molecule has 0 unspecified atom stereocenters. The van der Waals surface area contributed by atoms with Crippen LogP contribution in [0.1, 0.15) is 22.8 Å². The van der Waals surface area contributed by atoms with Gasteiger partial charge in [0.15, 0.2) is 0 Å². The van der Waals surface area contributed by atoms with Gasteiger partial charge in [0.25, 0.3) is 5.56 Å². The van der Waals surface area contributed by atoms with Gasteiger partial charge in [-0.15, -0.1) is 0 Å². The summed E-state index contributed by atoms with van der Waals surface area (Å²) >= 11 is 12.2. The van der Waals surface area contributed by atoms with Crippen molar-refractivity contribution in [2.75, 3.05) is 11.9 Å². The van der Waals surface area contributed by atoms with E-state index in [0.29, 0.717) is 33.2 Å². The number of hydrogen-bond acceptors (Lipinski definition) is 4. The van der Waals surface area contributed by atoms with Crippen LogP contribution in [-0.2, 0) is 11.3 Å². The lowest BCUT2D eigenvalue weighted by Crippen LogP contribution is -2.23. The van der Waals surface area contributed by atoms with Crippen molar-refractivity contribution >= 4 is 45.8 Å². The van der Waals surface area contributed by atoms with E-state index in [1.807, 2.05) is 12.1 Å². The van der Waals surface area contributed by atoms with Crippen LogP contribution in [0.25, 0.3) is 10.9 Å². The minimum atomic E-state index is -0.691. The number of fused-ring (bicyclic) bond motifs is 1. The number of anilines is 1. The van der Waals surface area contributed by atoms with Crippen LogP contribution in [0, 0.1) is 0 Å². The number of benzene rings is 2. The number of halogens is 2. The highest BCUT2D eigenvalue weighted by Gasteiger charge is 2.21. The second-order valence-corrected chi connectivity index (χ2v) is 6.41. The molecule has 0 aliphatic heterocycles. The van der Waals surface area contributed by atoms with Gasteiger partial charge in [-0.2, -0.15) is 0 Å². The van der Waals surface area contributed by atoms with Crippen molar-refractivity contribution in [3.63, 3.8) is 0 Å². The molecule has 1 aromatic heterocycles. The van der Waals surface area contributed by atoms with E-state index in [-0.39, 0.29) is 12.2 Å². The molecule has 0 spiro atoms. The lowest BCUT2D eigenvalue weighted by atomic mass is 10.1. The maximum absolute atomic E-state index is 12.5. The minimum Gasteiger partial charge on any atom is -0.462 e. The highest BCUT2D eigenvalue weighted by atomic mass is 35.5. The zero-order valence-electron chi connectivity index (χ0n) is 13.9. The normalized spacial score (nSPS) is 10.7. The Morgan fingerprint density at radius 1 is 1.19 bits per heavy atom. The van der Waals surface area contributed by atoms with Crippen LogP contribution < -0.4 is 10.9 Å². The smallest absolute Gasteiger partial charge is 0.345 e. The van der Waals surface area contributed by atoms with Gasteiger partial charge in [0.2, 0.25) is 0 Å². The lowest BCUT2D eigenvalue weighted by molar-refractivity contribution is 0.0525. The van der Waals surface area contributed by atoms with Gasteiger partial charge in [-0.3, -0.25) is 4.79 Å². The number of ether oxygens (including phenoxy) is 1. The van der Waals surface area contributed by atoms with Gasteiger partial charge in [0, 0.05) is 17.0 Å². The van der Waals surface area contributed by atoms with Crippen molar-refractivity contribution in [2.24, 2.45) is 0 Å². The predicted molar refractivity (Wildman–Crippen MR) is 104 cm³/mol. The molecular formula is C19H16Cl2N2O3. The monoisotopic (exact) mass is 390 g/mol. The number of aromatic nitrogens is 1. The van der Waals surface area contributed by atoms with Gasteiger partial charge in [-0.25, -0.2) is 4.79 Å². The van der Waals surface area contributed by atoms with Gasteiger partial charge >= 0.3 is 5.97 Å². The molecule has 3 rings (SSSR count). The number of carbonyl (C=O) groups excluding carboxylic acids is 1.